The number of rotatable bonds is 1. The molecule has 1 atom stereocenters. The van der Waals surface area contributed by atoms with E-state index in [2.05, 4.69) is 49.6 Å². The minimum absolute atomic E-state index is 0.389. The summed E-state index contributed by atoms with van der Waals surface area (Å²) in [6, 6.07) is 0.389. The van der Waals surface area contributed by atoms with Crippen LogP contribution in [0.3, 0.4) is 0 Å². The molecule has 17 heavy (non-hydrogen) atoms. The van der Waals surface area contributed by atoms with Crippen molar-refractivity contribution in [3.8, 4) is 0 Å². The first kappa shape index (κ1) is 11.1. The van der Waals surface area contributed by atoms with Crippen LogP contribution in [0.4, 0.5) is 5.82 Å². The maximum absolute atomic E-state index is 5.88. The van der Waals surface area contributed by atoms with Crippen LogP contribution in [0.5, 0.6) is 0 Å². The zero-order valence-corrected chi connectivity index (χ0v) is 11.6. The van der Waals surface area contributed by atoms with E-state index in [-0.39, 0.29) is 0 Å². The molecule has 90 valence electrons. The third kappa shape index (κ3) is 1.77. The average molecular weight is 344 g/mol. The molecule has 2 aromatic heterocycles. The molecule has 0 bridgehead atoms. The van der Waals surface area contributed by atoms with Crippen molar-refractivity contribution < 1.29 is 0 Å². The van der Waals surface area contributed by atoms with E-state index in [0.717, 1.165) is 34.2 Å². The minimum atomic E-state index is 0.389. The molecule has 0 aliphatic carbocycles. The molecule has 0 radical (unpaired) electrons. The number of nitrogen functional groups attached to an aromatic ring is 1. The van der Waals surface area contributed by atoms with E-state index in [1.165, 1.54) is 6.33 Å². The van der Waals surface area contributed by atoms with Gasteiger partial charge in [0.2, 0.25) is 0 Å². The van der Waals surface area contributed by atoms with Gasteiger partial charge in [0, 0.05) is 13.1 Å². The molecule has 0 amide bonds. The Balaban J connectivity index is 2.14. The van der Waals surface area contributed by atoms with Gasteiger partial charge in [-0.25, -0.2) is 14.6 Å². The van der Waals surface area contributed by atoms with Crippen LogP contribution >= 0.6 is 22.6 Å². The highest BCUT2D eigenvalue weighted by Crippen LogP contribution is 2.28. The van der Waals surface area contributed by atoms with Gasteiger partial charge in [0.1, 0.15) is 15.8 Å². The fourth-order valence-electron chi connectivity index (χ4n) is 2.32. The molecule has 0 unspecified atom stereocenters. The fraction of sp³-hybridized carbons (Fsp3) is 0.500. The number of aromatic nitrogens is 4. The van der Waals surface area contributed by atoms with E-state index in [1.807, 2.05) is 4.68 Å². The molecule has 1 saturated heterocycles. The molecular weight excluding hydrogens is 331 g/mol. The summed E-state index contributed by atoms with van der Waals surface area (Å²) in [6.07, 6.45) is 2.61. The minimum Gasteiger partial charge on any atom is -0.383 e. The Morgan fingerprint density at radius 1 is 1.47 bits per heavy atom. The highest BCUT2D eigenvalue weighted by atomic mass is 127. The number of nitrogens with two attached hydrogens (primary N) is 1. The van der Waals surface area contributed by atoms with E-state index >= 15 is 0 Å². The molecule has 6 nitrogen and oxygen atoms in total. The molecule has 0 saturated carbocycles. The van der Waals surface area contributed by atoms with Gasteiger partial charge in [0.25, 0.3) is 0 Å². The Labute approximate surface area is 112 Å². The SMILES string of the molecule is CN1CC[C@H](n2nc(I)c3c(N)ncnc32)C1. The van der Waals surface area contributed by atoms with Crippen molar-refractivity contribution in [2.24, 2.45) is 0 Å². The van der Waals surface area contributed by atoms with E-state index in [1.54, 1.807) is 0 Å². The van der Waals surface area contributed by atoms with Gasteiger partial charge in [-0.1, -0.05) is 0 Å². The Morgan fingerprint density at radius 2 is 2.29 bits per heavy atom. The van der Waals surface area contributed by atoms with Gasteiger partial charge in [0.15, 0.2) is 5.65 Å². The topological polar surface area (TPSA) is 72.9 Å². The van der Waals surface area contributed by atoms with Crippen LogP contribution in [0, 0.1) is 3.70 Å². The number of hydrogen-bond acceptors (Lipinski definition) is 5. The zero-order valence-electron chi connectivity index (χ0n) is 9.47. The van der Waals surface area contributed by atoms with Crippen molar-refractivity contribution in [1.29, 1.82) is 0 Å². The highest BCUT2D eigenvalue weighted by molar-refractivity contribution is 14.1. The third-order valence-electron chi connectivity index (χ3n) is 3.19. The molecular formula is C10H13IN6. The molecule has 1 aliphatic rings. The van der Waals surface area contributed by atoms with E-state index < -0.39 is 0 Å². The van der Waals surface area contributed by atoms with Crippen LogP contribution in [-0.2, 0) is 0 Å². The average Bonchev–Trinajstić information content (AvgIpc) is 2.84. The van der Waals surface area contributed by atoms with Crippen molar-refractivity contribution in [3.05, 3.63) is 10.0 Å². The second kappa shape index (κ2) is 4.05. The number of likely N-dealkylation sites (tertiary alicyclic amines) is 1. The van der Waals surface area contributed by atoms with Crippen LogP contribution in [0.1, 0.15) is 12.5 Å². The van der Waals surface area contributed by atoms with Gasteiger partial charge in [-0.3, -0.25) is 0 Å². The van der Waals surface area contributed by atoms with Crippen LogP contribution in [0.25, 0.3) is 11.0 Å². The molecule has 3 rings (SSSR count). The summed E-state index contributed by atoms with van der Waals surface area (Å²) in [4.78, 5) is 10.6. The Kier molecular flexibility index (Phi) is 2.66. The predicted octanol–water partition coefficient (Wildman–Crippen LogP) is 0.890. The lowest BCUT2D eigenvalue weighted by Crippen LogP contribution is -2.17. The molecule has 0 spiro atoms. The number of nitrogens with zero attached hydrogens (tertiary/aromatic N) is 5. The van der Waals surface area contributed by atoms with Crippen molar-refractivity contribution in [3.63, 3.8) is 0 Å². The van der Waals surface area contributed by atoms with E-state index in [0.29, 0.717) is 11.9 Å². The number of halogens is 1. The first-order valence-corrected chi connectivity index (χ1v) is 6.57. The van der Waals surface area contributed by atoms with E-state index in [9.17, 15) is 0 Å². The third-order valence-corrected chi connectivity index (χ3v) is 3.94. The van der Waals surface area contributed by atoms with Crippen molar-refractivity contribution in [1.82, 2.24) is 24.6 Å². The normalized spacial score (nSPS) is 21.4. The second-order valence-corrected chi connectivity index (χ2v) is 5.42. The second-order valence-electron chi connectivity index (χ2n) is 4.40. The predicted molar refractivity (Wildman–Crippen MR) is 73.6 cm³/mol. The summed E-state index contributed by atoms with van der Waals surface area (Å²) in [5, 5.41) is 5.44. The summed E-state index contributed by atoms with van der Waals surface area (Å²) in [6.45, 7) is 2.11. The first-order chi connectivity index (χ1) is 8.16. The zero-order chi connectivity index (χ0) is 12.0. The Bertz CT molecular complexity index is 565. The van der Waals surface area contributed by atoms with Crippen molar-refractivity contribution in [2.75, 3.05) is 25.9 Å². The summed E-state index contributed by atoms with van der Waals surface area (Å²) < 4.78 is 2.88. The van der Waals surface area contributed by atoms with Gasteiger partial charge in [0.05, 0.1) is 11.4 Å². The lowest BCUT2D eigenvalue weighted by molar-refractivity contribution is 0.384. The fourth-order valence-corrected chi connectivity index (χ4v) is 3.07. The molecule has 2 aromatic rings. The highest BCUT2D eigenvalue weighted by Gasteiger charge is 2.25. The summed E-state index contributed by atoms with van der Waals surface area (Å²) in [5.74, 6) is 0.511. The van der Waals surface area contributed by atoms with Gasteiger partial charge < -0.3 is 10.6 Å². The standard InChI is InChI=1S/C10H13IN6/c1-16-3-2-6(4-16)17-10-7(8(11)15-17)9(12)13-5-14-10/h5-6H,2-4H2,1H3,(H2,12,13,14)/t6-/m0/s1. The quantitative estimate of drug-likeness (QED) is 0.778. The Morgan fingerprint density at radius 3 is 3.00 bits per heavy atom. The van der Waals surface area contributed by atoms with Gasteiger partial charge >= 0.3 is 0 Å². The number of likely N-dealkylation sites (N-methyl/N-ethyl adjacent to an activating group) is 1. The Hall–Kier alpha value is -0.960. The molecule has 3 heterocycles. The van der Waals surface area contributed by atoms with Gasteiger partial charge in [-0.15, -0.1) is 0 Å². The molecule has 1 fully saturated rings. The van der Waals surface area contributed by atoms with Gasteiger partial charge in [-0.05, 0) is 36.1 Å². The maximum atomic E-state index is 5.88. The number of fused-ring (bicyclic) bond motifs is 1. The molecule has 0 aromatic carbocycles. The van der Waals surface area contributed by atoms with Crippen LogP contribution < -0.4 is 5.73 Å². The summed E-state index contributed by atoms with van der Waals surface area (Å²) >= 11 is 2.19. The largest absolute Gasteiger partial charge is 0.383 e. The lowest BCUT2D eigenvalue weighted by atomic mass is 10.2. The summed E-state index contributed by atoms with van der Waals surface area (Å²) in [5.41, 5.74) is 6.73. The lowest BCUT2D eigenvalue weighted by Gasteiger charge is -2.11. The van der Waals surface area contributed by atoms with E-state index in [4.69, 9.17) is 5.73 Å². The van der Waals surface area contributed by atoms with Crippen LogP contribution in [0.15, 0.2) is 6.33 Å². The molecule has 2 N–H and O–H groups in total. The smallest absolute Gasteiger partial charge is 0.164 e. The van der Waals surface area contributed by atoms with Crippen LogP contribution in [0.2, 0.25) is 0 Å². The summed E-state index contributed by atoms with van der Waals surface area (Å²) in [7, 11) is 2.13. The van der Waals surface area contributed by atoms with Gasteiger partial charge in [-0.2, -0.15) is 5.10 Å². The first-order valence-electron chi connectivity index (χ1n) is 5.49. The molecule has 7 heteroatoms. The number of anilines is 1. The molecule has 1 aliphatic heterocycles. The van der Waals surface area contributed by atoms with Crippen molar-refractivity contribution >= 4 is 39.4 Å². The van der Waals surface area contributed by atoms with Crippen LogP contribution in [-0.4, -0.2) is 44.8 Å². The monoisotopic (exact) mass is 344 g/mol. The maximum Gasteiger partial charge on any atom is 0.164 e. The van der Waals surface area contributed by atoms with Crippen molar-refractivity contribution in [2.45, 2.75) is 12.5 Å². The number of hydrogen-bond donors (Lipinski definition) is 1.